The van der Waals surface area contributed by atoms with E-state index >= 15 is 0 Å². The third-order valence-electron chi connectivity index (χ3n) is 4.30. The summed E-state index contributed by atoms with van der Waals surface area (Å²) in [6.07, 6.45) is 0. The lowest BCUT2D eigenvalue weighted by Crippen LogP contribution is -2.54. The van der Waals surface area contributed by atoms with Crippen molar-refractivity contribution in [3.8, 4) is 0 Å². The van der Waals surface area contributed by atoms with Gasteiger partial charge in [-0.3, -0.25) is 14.5 Å². The summed E-state index contributed by atoms with van der Waals surface area (Å²) in [5.41, 5.74) is 1.02. The topological polar surface area (TPSA) is 55.9 Å². The molecule has 0 radical (unpaired) electrons. The Hall–Kier alpha value is -1.79. The van der Waals surface area contributed by atoms with E-state index in [0.717, 1.165) is 30.3 Å². The number of halogens is 1. The minimum Gasteiger partial charge on any atom is -0.367 e. The van der Waals surface area contributed by atoms with Crippen molar-refractivity contribution >= 4 is 29.1 Å². The molecule has 0 atom stereocenters. The first kappa shape index (κ1) is 16.1. The number of para-hydroxylation sites is 1. The second-order valence-electron chi connectivity index (χ2n) is 5.88. The molecule has 0 unspecified atom stereocenters. The molecule has 7 heteroatoms. The maximum Gasteiger partial charge on any atom is 0.236 e. The summed E-state index contributed by atoms with van der Waals surface area (Å²) < 4.78 is 0. The molecule has 3 rings (SSSR count). The minimum absolute atomic E-state index is 0.00686. The third-order valence-corrected chi connectivity index (χ3v) is 4.62. The molecule has 1 aromatic carbocycles. The monoisotopic (exact) mass is 336 g/mol. The lowest BCUT2D eigenvalue weighted by molar-refractivity contribution is -0.134. The van der Waals surface area contributed by atoms with Crippen LogP contribution < -0.4 is 10.2 Å². The summed E-state index contributed by atoms with van der Waals surface area (Å²) in [6, 6.07) is 7.78. The van der Waals surface area contributed by atoms with Crippen LogP contribution in [0.1, 0.15) is 0 Å². The van der Waals surface area contributed by atoms with Gasteiger partial charge in [-0.05, 0) is 12.1 Å². The van der Waals surface area contributed by atoms with E-state index in [2.05, 4.69) is 10.2 Å². The second-order valence-corrected chi connectivity index (χ2v) is 6.29. The van der Waals surface area contributed by atoms with Crippen molar-refractivity contribution in [2.24, 2.45) is 0 Å². The number of carbonyl (C=O) groups excluding carboxylic acids is 2. The van der Waals surface area contributed by atoms with Crippen LogP contribution in [-0.2, 0) is 9.59 Å². The largest absolute Gasteiger partial charge is 0.367 e. The minimum atomic E-state index is -0.00686. The van der Waals surface area contributed by atoms with Crippen molar-refractivity contribution in [1.29, 1.82) is 0 Å². The average molecular weight is 337 g/mol. The van der Waals surface area contributed by atoms with Crippen molar-refractivity contribution in [2.45, 2.75) is 0 Å². The van der Waals surface area contributed by atoms with Crippen LogP contribution in [0.15, 0.2) is 24.3 Å². The highest BCUT2D eigenvalue weighted by Gasteiger charge is 2.25. The van der Waals surface area contributed by atoms with Gasteiger partial charge in [0.2, 0.25) is 11.8 Å². The first-order valence-electron chi connectivity index (χ1n) is 7.90. The van der Waals surface area contributed by atoms with E-state index in [4.69, 9.17) is 11.6 Å². The van der Waals surface area contributed by atoms with Gasteiger partial charge in [-0.15, -0.1) is 0 Å². The third kappa shape index (κ3) is 3.95. The van der Waals surface area contributed by atoms with E-state index in [1.54, 1.807) is 0 Å². The van der Waals surface area contributed by atoms with Gasteiger partial charge in [0.25, 0.3) is 0 Å². The average Bonchev–Trinajstić information content (AvgIpc) is 2.55. The predicted octanol–water partition coefficient (Wildman–Crippen LogP) is 0.420. The number of hydrogen-bond acceptors (Lipinski definition) is 4. The number of benzene rings is 1. The van der Waals surface area contributed by atoms with Gasteiger partial charge in [0, 0.05) is 39.3 Å². The van der Waals surface area contributed by atoms with E-state index in [1.165, 1.54) is 0 Å². The summed E-state index contributed by atoms with van der Waals surface area (Å²) in [5, 5.41) is 3.51. The molecule has 23 heavy (non-hydrogen) atoms. The normalized spacial score (nSPS) is 19.6. The molecule has 0 aliphatic carbocycles. The highest BCUT2D eigenvalue weighted by atomic mass is 35.5. The fourth-order valence-corrected chi connectivity index (χ4v) is 3.28. The molecule has 0 saturated carbocycles. The molecule has 124 valence electrons. The zero-order valence-corrected chi connectivity index (χ0v) is 13.8. The van der Waals surface area contributed by atoms with Crippen LogP contribution in [0.4, 0.5) is 5.69 Å². The molecule has 2 heterocycles. The predicted molar refractivity (Wildman–Crippen MR) is 89.7 cm³/mol. The molecule has 2 saturated heterocycles. The maximum absolute atomic E-state index is 12.4. The summed E-state index contributed by atoms with van der Waals surface area (Å²) in [4.78, 5) is 29.7. The molecule has 1 N–H and O–H groups in total. The lowest BCUT2D eigenvalue weighted by atomic mass is 10.2. The first-order valence-corrected chi connectivity index (χ1v) is 8.27. The SMILES string of the molecule is O=C1CN(CC(=O)N2CCN(c3ccccc3Cl)CC2)CCN1. The molecule has 2 aliphatic rings. The molecule has 0 bridgehead atoms. The number of carbonyl (C=O) groups is 2. The number of nitrogens with one attached hydrogen (secondary N) is 1. The molecule has 0 spiro atoms. The van der Waals surface area contributed by atoms with Crippen molar-refractivity contribution in [3.05, 3.63) is 29.3 Å². The van der Waals surface area contributed by atoms with Gasteiger partial charge in [0.05, 0.1) is 23.8 Å². The molecule has 1 aromatic rings. The Kier molecular flexibility index (Phi) is 5.03. The van der Waals surface area contributed by atoms with Crippen LogP contribution in [0, 0.1) is 0 Å². The summed E-state index contributed by atoms with van der Waals surface area (Å²) >= 11 is 6.23. The van der Waals surface area contributed by atoms with Crippen LogP contribution in [0.5, 0.6) is 0 Å². The number of hydrogen-bond donors (Lipinski definition) is 1. The molecular weight excluding hydrogens is 316 g/mol. The van der Waals surface area contributed by atoms with Gasteiger partial charge in [-0.2, -0.15) is 0 Å². The second kappa shape index (κ2) is 7.19. The Balaban J connectivity index is 1.51. The zero-order chi connectivity index (χ0) is 16.2. The quantitative estimate of drug-likeness (QED) is 0.869. The summed E-state index contributed by atoms with van der Waals surface area (Å²) in [6.45, 7) is 4.90. The molecule has 6 nitrogen and oxygen atoms in total. The number of anilines is 1. The van der Waals surface area contributed by atoms with E-state index in [9.17, 15) is 9.59 Å². The Bertz CT molecular complexity index is 587. The van der Waals surface area contributed by atoms with Crippen LogP contribution in [0.25, 0.3) is 0 Å². The van der Waals surface area contributed by atoms with Gasteiger partial charge in [0.1, 0.15) is 0 Å². The standard InChI is InChI=1S/C16H21ClN4O2/c17-13-3-1-2-4-14(13)20-7-9-21(10-8-20)16(23)12-19-6-5-18-15(22)11-19/h1-4H,5-12H2,(H,18,22). The Labute approximate surface area is 141 Å². The van der Waals surface area contributed by atoms with Crippen molar-refractivity contribution < 1.29 is 9.59 Å². The first-order chi connectivity index (χ1) is 11.1. The van der Waals surface area contributed by atoms with E-state index in [0.29, 0.717) is 32.7 Å². The smallest absolute Gasteiger partial charge is 0.236 e. The Morgan fingerprint density at radius 2 is 1.87 bits per heavy atom. The summed E-state index contributed by atoms with van der Waals surface area (Å²) in [5.74, 6) is 0.0890. The van der Waals surface area contributed by atoms with Gasteiger partial charge in [-0.25, -0.2) is 0 Å². The lowest BCUT2D eigenvalue weighted by Gasteiger charge is -2.37. The highest BCUT2D eigenvalue weighted by Crippen LogP contribution is 2.26. The molecular formula is C16H21ClN4O2. The van der Waals surface area contributed by atoms with Crippen LogP contribution in [0.2, 0.25) is 5.02 Å². The van der Waals surface area contributed by atoms with Crippen molar-refractivity contribution in [2.75, 3.05) is 57.3 Å². The van der Waals surface area contributed by atoms with Gasteiger partial charge in [-0.1, -0.05) is 23.7 Å². The van der Waals surface area contributed by atoms with Crippen LogP contribution >= 0.6 is 11.6 Å². The fraction of sp³-hybridized carbons (Fsp3) is 0.500. The van der Waals surface area contributed by atoms with Crippen LogP contribution in [-0.4, -0.2) is 74.0 Å². The number of piperazine rings is 2. The highest BCUT2D eigenvalue weighted by molar-refractivity contribution is 6.33. The van der Waals surface area contributed by atoms with Gasteiger partial charge in [0.15, 0.2) is 0 Å². The molecule has 0 aromatic heterocycles. The molecule has 2 amide bonds. The number of nitrogens with zero attached hydrogens (tertiary/aromatic N) is 3. The Morgan fingerprint density at radius 3 is 2.57 bits per heavy atom. The van der Waals surface area contributed by atoms with E-state index in [-0.39, 0.29) is 11.8 Å². The van der Waals surface area contributed by atoms with Gasteiger partial charge >= 0.3 is 0 Å². The van der Waals surface area contributed by atoms with E-state index < -0.39 is 0 Å². The molecule has 2 fully saturated rings. The summed E-state index contributed by atoms with van der Waals surface area (Å²) in [7, 11) is 0. The van der Waals surface area contributed by atoms with Crippen LogP contribution in [0.3, 0.4) is 0 Å². The van der Waals surface area contributed by atoms with Crippen molar-refractivity contribution in [3.63, 3.8) is 0 Å². The van der Waals surface area contributed by atoms with E-state index in [1.807, 2.05) is 34.1 Å². The Morgan fingerprint density at radius 1 is 1.13 bits per heavy atom. The van der Waals surface area contributed by atoms with Crippen molar-refractivity contribution in [1.82, 2.24) is 15.1 Å². The fourth-order valence-electron chi connectivity index (χ4n) is 3.02. The van der Waals surface area contributed by atoms with Gasteiger partial charge < -0.3 is 15.1 Å². The maximum atomic E-state index is 12.4. The zero-order valence-electron chi connectivity index (χ0n) is 13.0. The number of rotatable bonds is 3. The number of amides is 2. The molecule has 2 aliphatic heterocycles.